The van der Waals surface area contributed by atoms with E-state index in [4.69, 9.17) is 0 Å². The molecule has 0 fully saturated rings. The summed E-state index contributed by atoms with van der Waals surface area (Å²) in [5, 5.41) is 8.03. The van der Waals surface area contributed by atoms with Gasteiger partial charge in [0.15, 0.2) is 0 Å². The van der Waals surface area contributed by atoms with Gasteiger partial charge < -0.3 is 5.32 Å². The molecular weight excluding hydrogens is 222 g/mol. The van der Waals surface area contributed by atoms with Gasteiger partial charge in [-0.15, -0.1) is 0 Å². The molecule has 104 valence electrons. The molecule has 1 N–H and O–H groups in total. The molecule has 0 bridgehead atoms. The maximum atomic E-state index is 4.45. The second kappa shape index (κ2) is 6.37. The molecule has 3 nitrogen and oxygen atoms in total. The van der Waals surface area contributed by atoms with Crippen molar-refractivity contribution in [2.45, 2.75) is 59.9 Å². The smallest absolute Gasteiger partial charge is 0.0596 e. The molecule has 0 radical (unpaired) electrons. The normalized spacial score (nSPS) is 15.1. The summed E-state index contributed by atoms with van der Waals surface area (Å²) in [5.74, 6) is 0. The van der Waals surface area contributed by atoms with Crippen molar-refractivity contribution in [1.29, 1.82) is 0 Å². The van der Waals surface area contributed by atoms with Crippen molar-refractivity contribution in [3.8, 4) is 0 Å². The van der Waals surface area contributed by atoms with E-state index < -0.39 is 0 Å². The fourth-order valence-corrected chi connectivity index (χ4v) is 2.56. The van der Waals surface area contributed by atoms with Gasteiger partial charge in [-0.3, -0.25) is 4.68 Å². The summed E-state index contributed by atoms with van der Waals surface area (Å²) < 4.78 is 2.03. The molecule has 0 spiro atoms. The molecule has 1 aromatic rings. The average Bonchev–Trinajstić information content (AvgIpc) is 2.55. The van der Waals surface area contributed by atoms with Crippen molar-refractivity contribution in [3.05, 3.63) is 17.5 Å². The van der Waals surface area contributed by atoms with Crippen molar-refractivity contribution in [1.82, 2.24) is 15.1 Å². The molecule has 1 aromatic heterocycles. The number of hydrogen-bond donors (Lipinski definition) is 1. The number of rotatable bonds is 7. The first-order valence-electron chi connectivity index (χ1n) is 7.09. The van der Waals surface area contributed by atoms with Crippen LogP contribution in [0.25, 0.3) is 0 Å². The zero-order chi connectivity index (χ0) is 13.8. The first-order valence-corrected chi connectivity index (χ1v) is 7.09. The Bertz CT molecular complexity index is 368. The van der Waals surface area contributed by atoms with E-state index in [0.29, 0.717) is 11.5 Å². The Balaban J connectivity index is 2.75. The van der Waals surface area contributed by atoms with Crippen LogP contribution in [0, 0.1) is 12.3 Å². The fourth-order valence-electron chi connectivity index (χ4n) is 2.56. The van der Waals surface area contributed by atoms with Crippen LogP contribution in [0.1, 0.15) is 51.9 Å². The van der Waals surface area contributed by atoms with Crippen LogP contribution in [0.5, 0.6) is 0 Å². The molecule has 0 saturated carbocycles. The number of aromatic nitrogens is 2. The Morgan fingerprint density at radius 2 is 2.11 bits per heavy atom. The summed E-state index contributed by atoms with van der Waals surface area (Å²) in [6.45, 7) is 12.2. The summed E-state index contributed by atoms with van der Waals surface area (Å²) in [4.78, 5) is 0. The van der Waals surface area contributed by atoms with Gasteiger partial charge in [0.2, 0.25) is 0 Å². The van der Waals surface area contributed by atoms with Crippen LogP contribution in [-0.4, -0.2) is 22.4 Å². The molecule has 3 heteroatoms. The first-order chi connectivity index (χ1) is 8.36. The van der Waals surface area contributed by atoms with Crippen LogP contribution >= 0.6 is 0 Å². The minimum Gasteiger partial charge on any atom is -0.314 e. The fraction of sp³-hybridized carbons (Fsp3) is 0.800. The van der Waals surface area contributed by atoms with Gasteiger partial charge in [0.05, 0.1) is 5.69 Å². The summed E-state index contributed by atoms with van der Waals surface area (Å²) >= 11 is 0. The minimum absolute atomic E-state index is 0.319. The predicted molar refractivity (Wildman–Crippen MR) is 77.8 cm³/mol. The van der Waals surface area contributed by atoms with E-state index in [-0.39, 0.29) is 0 Å². The van der Waals surface area contributed by atoms with E-state index >= 15 is 0 Å². The third-order valence-electron chi connectivity index (χ3n) is 3.50. The van der Waals surface area contributed by atoms with Gasteiger partial charge >= 0.3 is 0 Å². The molecule has 1 atom stereocenters. The number of aryl methyl sites for hydroxylation is 2. The van der Waals surface area contributed by atoms with E-state index in [1.54, 1.807) is 0 Å². The average molecular weight is 251 g/mol. The summed E-state index contributed by atoms with van der Waals surface area (Å²) in [7, 11) is 2.05. The van der Waals surface area contributed by atoms with Gasteiger partial charge in [-0.1, -0.05) is 34.1 Å². The first kappa shape index (κ1) is 15.2. The van der Waals surface area contributed by atoms with Crippen molar-refractivity contribution >= 4 is 0 Å². The molecule has 1 unspecified atom stereocenters. The molecular formula is C15H29N3. The molecule has 18 heavy (non-hydrogen) atoms. The Labute approximate surface area is 112 Å². The maximum Gasteiger partial charge on any atom is 0.0596 e. The van der Waals surface area contributed by atoms with Crippen LogP contribution in [0.3, 0.4) is 0 Å². The molecule has 0 amide bonds. The highest BCUT2D eigenvalue weighted by Crippen LogP contribution is 2.27. The zero-order valence-corrected chi connectivity index (χ0v) is 12.9. The second-order valence-electron chi connectivity index (χ2n) is 6.17. The molecule has 0 aromatic carbocycles. The highest BCUT2D eigenvalue weighted by atomic mass is 15.3. The van der Waals surface area contributed by atoms with Crippen molar-refractivity contribution in [3.63, 3.8) is 0 Å². The van der Waals surface area contributed by atoms with Crippen LogP contribution in [-0.2, 0) is 13.5 Å². The number of nitrogens with one attached hydrogen (secondary N) is 1. The van der Waals surface area contributed by atoms with Gasteiger partial charge in [-0.2, -0.15) is 5.10 Å². The Morgan fingerprint density at radius 3 is 2.56 bits per heavy atom. The lowest BCUT2D eigenvalue weighted by atomic mass is 9.80. The molecule has 0 aliphatic carbocycles. The lowest BCUT2D eigenvalue weighted by Crippen LogP contribution is -2.37. The van der Waals surface area contributed by atoms with Crippen LogP contribution in [0.2, 0.25) is 0 Å². The topological polar surface area (TPSA) is 29.9 Å². The highest BCUT2D eigenvalue weighted by molar-refractivity contribution is 5.11. The highest BCUT2D eigenvalue weighted by Gasteiger charge is 2.25. The maximum absolute atomic E-state index is 4.45. The Kier molecular flexibility index (Phi) is 5.39. The van der Waals surface area contributed by atoms with Crippen molar-refractivity contribution < 1.29 is 0 Å². The van der Waals surface area contributed by atoms with E-state index in [0.717, 1.165) is 18.7 Å². The summed E-state index contributed by atoms with van der Waals surface area (Å²) in [6.07, 6.45) is 3.57. The molecule has 0 saturated heterocycles. The zero-order valence-electron chi connectivity index (χ0n) is 12.9. The largest absolute Gasteiger partial charge is 0.314 e. The summed E-state index contributed by atoms with van der Waals surface area (Å²) in [5.41, 5.74) is 2.77. The third-order valence-corrected chi connectivity index (χ3v) is 3.50. The summed E-state index contributed by atoms with van der Waals surface area (Å²) in [6, 6.07) is 2.76. The number of nitrogens with zero attached hydrogens (tertiary/aromatic N) is 2. The van der Waals surface area contributed by atoms with Gasteiger partial charge in [-0.25, -0.2) is 0 Å². The van der Waals surface area contributed by atoms with Crippen LogP contribution in [0.15, 0.2) is 6.07 Å². The molecule has 0 aliphatic rings. The molecule has 1 heterocycles. The van der Waals surface area contributed by atoms with E-state index in [2.05, 4.69) is 51.1 Å². The lowest BCUT2D eigenvalue weighted by Gasteiger charge is -2.30. The second-order valence-corrected chi connectivity index (χ2v) is 6.17. The predicted octanol–water partition coefficient (Wildman–Crippen LogP) is 3.08. The SMILES string of the molecule is CCCC(C)(CNC(C)C)Cc1cc(C)nn1C. The molecule has 0 aliphatic heterocycles. The van der Waals surface area contributed by atoms with Crippen LogP contribution < -0.4 is 5.32 Å². The third kappa shape index (κ3) is 4.45. The Morgan fingerprint density at radius 1 is 1.44 bits per heavy atom. The van der Waals surface area contributed by atoms with E-state index in [1.807, 2.05) is 11.7 Å². The van der Waals surface area contributed by atoms with E-state index in [9.17, 15) is 0 Å². The van der Waals surface area contributed by atoms with Crippen molar-refractivity contribution in [2.24, 2.45) is 12.5 Å². The van der Waals surface area contributed by atoms with Gasteiger partial charge in [0, 0.05) is 25.3 Å². The van der Waals surface area contributed by atoms with Gasteiger partial charge in [-0.05, 0) is 31.2 Å². The van der Waals surface area contributed by atoms with Gasteiger partial charge in [0.1, 0.15) is 0 Å². The molecule has 1 rings (SSSR count). The van der Waals surface area contributed by atoms with Crippen molar-refractivity contribution in [2.75, 3.05) is 6.54 Å². The standard InChI is InChI=1S/C15H29N3/c1-7-8-15(5,11-16-12(2)3)10-14-9-13(4)17-18(14)6/h9,12,16H,7-8,10-11H2,1-6H3. The minimum atomic E-state index is 0.319. The Hall–Kier alpha value is -0.830. The number of hydrogen-bond acceptors (Lipinski definition) is 2. The quantitative estimate of drug-likeness (QED) is 0.807. The monoisotopic (exact) mass is 251 g/mol. The lowest BCUT2D eigenvalue weighted by molar-refractivity contribution is 0.261. The van der Waals surface area contributed by atoms with Crippen LogP contribution in [0.4, 0.5) is 0 Å². The van der Waals surface area contributed by atoms with E-state index in [1.165, 1.54) is 18.5 Å². The van der Waals surface area contributed by atoms with Gasteiger partial charge in [0.25, 0.3) is 0 Å².